The summed E-state index contributed by atoms with van der Waals surface area (Å²) < 4.78 is 0. The Labute approximate surface area is 356 Å². The summed E-state index contributed by atoms with van der Waals surface area (Å²) in [7, 11) is 0. The van der Waals surface area contributed by atoms with Crippen molar-refractivity contribution in [1.29, 1.82) is 0 Å². The zero-order valence-electron chi connectivity index (χ0n) is 35.9. The molecule has 9 N–H and O–H groups in total. The van der Waals surface area contributed by atoms with Crippen LogP contribution in [0.15, 0.2) is 60.8 Å². The number of H-pyrrole nitrogens is 1. The number of aliphatic carboxylic acids is 2. The normalized spacial score (nSPS) is 15.1. The van der Waals surface area contributed by atoms with Crippen molar-refractivity contribution < 1.29 is 48.6 Å². The second-order valence-corrected chi connectivity index (χ2v) is 16.0. The van der Waals surface area contributed by atoms with E-state index in [4.69, 9.17) is 0 Å². The van der Waals surface area contributed by atoms with Crippen LogP contribution >= 0.6 is 0 Å². The van der Waals surface area contributed by atoms with Crippen molar-refractivity contribution >= 4 is 58.3 Å². The van der Waals surface area contributed by atoms with Gasteiger partial charge < -0.3 is 47.1 Å². The monoisotopic (exact) mass is 847 g/mol. The molecule has 0 fully saturated rings. The maximum atomic E-state index is 14.0. The molecular formula is C44H61N7O10. The zero-order valence-corrected chi connectivity index (χ0v) is 35.9. The fourth-order valence-corrected chi connectivity index (χ4v) is 6.82. The Morgan fingerprint density at radius 1 is 0.590 bits per heavy atom. The minimum absolute atomic E-state index is 0.0419. The molecule has 17 heteroatoms. The minimum Gasteiger partial charge on any atom is -0.481 e. The molecule has 8 atom stereocenters. The van der Waals surface area contributed by atoms with Gasteiger partial charge in [-0.1, -0.05) is 103 Å². The predicted octanol–water partition coefficient (Wildman–Crippen LogP) is 2.58. The largest absolute Gasteiger partial charge is 0.481 e. The molecule has 0 saturated carbocycles. The average Bonchev–Trinajstić information content (AvgIpc) is 3.62. The Morgan fingerprint density at radius 2 is 1.10 bits per heavy atom. The van der Waals surface area contributed by atoms with Gasteiger partial charge in [-0.25, -0.2) is 4.79 Å². The van der Waals surface area contributed by atoms with Crippen molar-refractivity contribution in [1.82, 2.24) is 36.9 Å². The fourth-order valence-electron chi connectivity index (χ4n) is 6.82. The van der Waals surface area contributed by atoms with Gasteiger partial charge >= 0.3 is 11.9 Å². The number of hydrogen-bond acceptors (Lipinski definition) is 8. The number of hydrogen-bond donors (Lipinski definition) is 9. The van der Waals surface area contributed by atoms with Gasteiger partial charge in [-0.05, 0) is 41.4 Å². The summed E-state index contributed by atoms with van der Waals surface area (Å²) in [5, 5.41) is 36.2. The average molecular weight is 848 g/mol. The number of aromatic amines is 1. The number of benzene rings is 2. The standard InChI is InChI=1S/C44H61N7O10/c1-8-25(5)37(42(58)49-35(44(60)61)21-29-23-45-31-18-14-13-17-30(29)31)51-43(59)38(26(6)9-2)50-41(57)34(22-36(53)54)48-39(55)32(19-24(3)4)47-40(56)33(46-27(7)52)20-28-15-11-10-12-16-28/h10-18,23-26,32-35,37-38,45H,8-9,19-22H2,1-7H3,(H,46,52)(H,47,56)(H,48,55)(H,49,58)(H,50,57)(H,51,59)(H,53,54)(H,60,61)/t25-,26+,32-,33-,34-,35-,37-,38-/m0/s1. The van der Waals surface area contributed by atoms with Crippen LogP contribution in [0.5, 0.6) is 0 Å². The van der Waals surface area contributed by atoms with Crippen LogP contribution in [0.3, 0.4) is 0 Å². The van der Waals surface area contributed by atoms with Gasteiger partial charge in [0.25, 0.3) is 0 Å². The lowest BCUT2D eigenvalue weighted by Gasteiger charge is -2.30. The highest BCUT2D eigenvalue weighted by atomic mass is 16.4. The SMILES string of the molecule is CC[C@@H](C)[C@H](NC(=O)[C@H](CC(=O)O)NC(=O)[C@H](CC(C)C)NC(=O)[C@H](Cc1ccccc1)NC(C)=O)C(=O)N[C@H](C(=O)N[C@@H](Cc1c[nH]c2ccccc12)C(=O)O)[C@@H](C)CC. The topological polar surface area (TPSA) is 265 Å². The number of fused-ring (bicyclic) bond motifs is 1. The van der Waals surface area contributed by atoms with E-state index in [0.29, 0.717) is 18.4 Å². The highest BCUT2D eigenvalue weighted by Gasteiger charge is 2.37. The van der Waals surface area contributed by atoms with Crippen LogP contribution in [0.4, 0.5) is 0 Å². The Balaban J connectivity index is 1.81. The molecule has 0 aliphatic rings. The van der Waals surface area contributed by atoms with E-state index in [1.165, 1.54) is 6.92 Å². The third-order valence-electron chi connectivity index (χ3n) is 10.6. The van der Waals surface area contributed by atoms with Crippen molar-refractivity contribution in [3.05, 3.63) is 71.9 Å². The van der Waals surface area contributed by atoms with Crippen LogP contribution in [0.25, 0.3) is 10.9 Å². The third kappa shape index (κ3) is 15.1. The van der Waals surface area contributed by atoms with Crippen molar-refractivity contribution in [2.24, 2.45) is 17.8 Å². The van der Waals surface area contributed by atoms with Crippen LogP contribution in [0, 0.1) is 17.8 Å². The van der Waals surface area contributed by atoms with Crippen molar-refractivity contribution in [3.63, 3.8) is 0 Å². The van der Waals surface area contributed by atoms with Gasteiger partial charge in [0.2, 0.25) is 35.4 Å². The van der Waals surface area contributed by atoms with Crippen LogP contribution < -0.4 is 31.9 Å². The summed E-state index contributed by atoms with van der Waals surface area (Å²) in [6, 6.07) is 8.40. The smallest absolute Gasteiger partial charge is 0.326 e. The van der Waals surface area contributed by atoms with Gasteiger partial charge in [-0.2, -0.15) is 0 Å². The van der Waals surface area contributed by atoms with E-state index >= 15 is 0 Å². The first-order valence-corrected chi connectivity index (χ1v) is 20.7. The molecule has 61 heavy (non-hydrogen) atoms. The number of nitrogens with one attached hydrogen (secondary N) is 7. The molecule has 0 spiro atoms. The molecular weight excluding hydrogens is 787 g/mol. The maximum absolute atomic E-state index is 14.0. The molecule has 6 amide bonds. The molecule has 3 rings (SSSR count). The number of carbonyl (C=O) groups excluding carboxylic acids is 6. The minimum atomic E-state index is -1.69. The summed E-state index contributed by atoms with van der Waals surface area (Å²) >= 11 is 0. The molecule has 0 bridgehead atoms. The van der Waals surface area contributed by atoms with Gasteiger partial charge in [-0.15, -0.1) is 0 Å². The number of carboxylic acids is 2. The van der Waals surface area contributed by atoms with E-state index in [9.17, 15) is 48.6 Å². The fraction of sp³-hybridized carbons (Fsp3) is 0.500. The lowest BCUT2D eigenvalue weighted by atomic mass is 9.94. The van der Waals surface area contributed by atoms with Crippen LogP contribution in [-0.4, -0.2) is 98.8 Å². The molecule has 0 aliphatic carbocycles. The highest BCUT2D eigenvalue weighted by Crippen LogP contribution is 2.20. The molecule has 0 aliphatic heterocycles. The van der Waals surface area contributed by atoms with Crippen LogP contribution in [0.1, 0.15) is 85.3 Å². The Morgan fingerprint density at radius 3 is 1.66 bits per heavy atom. The van der Waals surface area contributed by atoms with E-state index in [-0.39, 0.29) is 25.2 Å². The highest BCUT2D eigenvalue weighted by molar-refractivity contribution is 5.98. The quantitative estimate of drug-likeness (QED) is 0.0636. The number of aromatic nitrogens is 1. The van der Waals surface area contributed by atoms with E-state index in [2.05, 4.69) is 36.9 Å². The Hall–Kier alpha value is -6.26. The second kappa shape index (κ2) is 23.5. The Kier molecular flexibility index (Phi) is 18.9. The zero-order chi connectivity index (χ0) is 45.4. The molecule has 0 unspecified atom stereocenters. The van der Waals surface area contributed by atoms with Crippen LogP contribution in [0.2, 0.25) is 0 Å². The number of amides is 6. The number of carbonyl (C=O) groups is 8. The van der Waals surface area contributed by atoms with Gasteiger partial charge in [0.1, 0.15) is 36.3 Å². The lowest BCUT2D eigenvalue weighted by Crippen LogP contribution is -2.61. The van der Waals surface area contributed by atoms with E-state index in [1.54, 1.807) is 78.1 Å². The van der Waals surface area contributed by atoms with E-state index in [0.717, 1.165) is 16.5 Å². The number of rotatable bonds is 24. The van der Waals surface area contributed by atoms with E-state index in [1.807, 2.05) is 24.3 Å². The number of carboxylic acid groups (broad SMARTS) is 2. The summed E-state index contributed by atoms with van der Waals surface area (Å²) in [5.74, 6) is -8.42. The summed E-state index contributed by atoms with van der Waals surface area (Å²) in [4.78, 5) is 109. The van der Waals surface area contributed by atoms with Crippen molar-refractivity contribution in [2.75, 3.05) is 0 Å². The molecule has 332 valence electrons. The van der Waals surface area contributed by atoms with E-state index < -0.39 is 102 Å². The predicted molar refractivity (Wildman–Crippen MR) is 228 cm³/mol. The second-order valence-electron chi connectivity index (χ2n) is 16.0. The summed E-state index contributed by atoms with van der Waals surface area (Å²) in [6.45, 7) is 11.8. The van der Waals surface area contributed by atoms with Crippen LogP contribution in [-0.2, 0) is 51.2 Å². The van der Waals surface area contributed by atoms with Crippen molar-refractivity contribution in [2.45, 2.75) is 123 Å². The Bertz CT molecular complexity index is 2000. The van der Waals surface area contributed by atoms with Crippen molar-refractivity contribution in [3.8, 4) is 0 Å². The van der Waals surface area contributed by atoms with Gasteiger partial charge in [0.05, 0.1) is 6.42 Å². The van der Waals surface area contributed by atoms with Gasteiger partial charge in [-0.3, -0.25) is 33.6 Å². The maximum Gasteiger partial charge on any atom is 0.326 e. The molecule has 0 saturated heterocycles. The molecule has 1 heterocycles. The first-order chi connectivity index (χ1) is 28.8. The molecule has 2 aromatic carbocycles. The van der Waals surface area contributed by atoms with Gasteiger partial charge in [0.15, 0.2) is 0 Å². The first kappa shape index (κ1) is 49.1. The summed E-state index contributed by atoms with van der Waals surface area (Å²) in [5.41, 5.74) is 2.22. The first-order valence-electron chi connectivity index (χ1n) is 20.7. The number of para-hydroxylation sites is 1. The molecule has 17 nitrogen and oxygen atoms in total. The lowest BCUT2D eigenvalue weighted by molar-refractivity contribution is -0.142. The third-order valence-corrected chi connectivity index (χ3v) is 10.6. The molecule has 1 aromatic heterocycles. The molecule has 3 aromatic rings. The summed E-state index contributed by atoms with van der Waals surface area (Å²) in [6.07, 6.45) is 1.76. The molecule has 0 radical (unpaired) electrons. The van der Waals surface area contributed by atoms with Gasteiger partial charge in [0, 0.05) is 36.9 Å².